The minimum atomic E-state index is 0.636. The number of aromatic amines is 1. The van der Waals surface area contributed by atoms with Gasteiger partial charge in [0.25, 0.3) is 0 Å². The third-order valence-electron chi connectivity index (χ3n) is 4.61. The van der Waals surface area contributed by atoms with Gasteiger partial charge in [-0.15, -0.1) is 0 Å². The van der Waals surface area contributed by atoms with Gasteiger partial charge in [-0.25, -0.2) is 9.97 Å². The number of aryl methyl sites for hydroxylation is 1. The topological polar surface area (TPSA) is 85.9 Å². The van der Waals surface area contributed by atoms with Gasteiger partial charge < -0.3 is 15.1 Å². The highest BCUT2D eigenvalue weighted by atomic mass is 15.3. The van der Waals surface area contributed by atoms with Crippen LogP contribution in [0.5, 0.6) is 0 Å². The zero-order valence-electron chi connectivity index (χ0n) is 16.1. The molecule has 3 aromatic heterocycles. The molecule has 8 heteroatoms. The number of pyridine rings is 1. The Labute approximate surface area is 164 Å². The summed E-state index contributed by atoms with van der Waals surface area (Å²) in [6.07, 6.45) is 5.59. The number of aromatic nitrogens is 5. The van der Waals surface area contributed by atoms with Crippen LogP contribution >= 0.6 is 0 Å². The molecule has 0 bridgehead atoms. The van der Waals surface area contributed by atoms with Crippen LogP contribution < -0.4 is 10.2 Å². The molecule has 4 rings (SSSR count). The number of H-pyrrole nitrogens is 1. The summed E-state index contributed by atoms with van der Waals surface area (Å²) in [5, 5.41) is 10.5. The SMILES string of the molecule is Cc1cc(Nc2cc(N3CCN(C)CC3)nc(C=Cc3ccccn3)n2)n[nH]1. The highest BCUT2D eigenvalue weighted by molar-refractivity contribution is 5.67. The Bertz CT molecular complexity index is 942. The van der Waals surface area contributed by atoms with Crippen molar-refractivity contribution in [2.75, 3.05) is 43.4 Å². The molecular weight excluding hydrogens is 352 g/mol. The van der Waals surface area contributed by atoms with Gasteiger partial charge in [0, 0.05) is 50.2 Å². The number of likely N-dealkylation sites (N-methyl/N-ethyl adjacent to an activating group) is 1. The first-order valence-electron chi connectivity index (χ1n) is 9.36. The molecule has 1 fully saturated rings. The van der Waals surface area contributed by atoms with E-state index in [0.717, 1.165) is 55.0 Å². The Morgan fingerprint density at radius 2 is 1.89 bits per heavy atom. The van der Waals surface area contributed by atoms with Gasteiger partial charge in [0.1, 0.15) is 11.6 Å². The molecule has 0 amide bonds. The van der Waals surface area contributed by atoms with E-state index >= 15 is 0 Å². The predicted molar refractivity (Wildman–Crippen MR) is 112 cm³/mol. The van der Waals surface area contributed by atoms with Crippen LogP contribution in [0, 0.1) is 6.92 Å². The molecule has 0 aromatic carbocycles. The van der Waals surface area contributed by atoms with Crippen molar-refractivity contribution in [3.63, 3.8) is 0 Å². The monoisotopic (exact) mass is 376 g/mol. The molecular formula is C20H24N8. The Hall–Kier alpha value is -3.26. The largest absolute Gasteiger partial charge is 0.354 e. The van der Waals surface area contributed by atoms with Gasteiger partial charge in [-0.3, -0.25) is 10.1 Å². The van der Waals surface area contributed by atoms with E-state index in [1.54, 1.807) is 6.20 Å². The van der Waals surface area contributed by atoms with Gasteiger partial charge >= 0.3 is 0 Å². The second-order valence-corrected chi connectivity index (χ2v) is 6.91. The van der Waals surface area contributed by atoms with Crippen molar-refractivity contribution in [1.29, 1.82) is 0 Å². The van der Waals surface area contributed by atoms with Crippen LogP contribution in [0.25, 0.3) is 12.2 Å². The summed E-state index contributed by atoms with van der Waals surface area (Å²) in [6.45, 7) is 5.89. The molecule has 3 aromatic rings. The number of anilines is 3. The third-order valence-corrected chi connectivity index (χ3v) is 4.61. The van der Waals surface area contributed by atoms with Crippen molar-refractivity contribution in [3.05, 3.63) is 53.7 Å². The quantitative estimate of drug-likeness (QED) is 0.708. The van der Waals surface area contributed by atoms with Crippen LogP contribution in [-0.2, 0) is 0 Å². The van der Waals surface area contributed by atoms with E-state index in [4.69, 9.17) is 4.98 Å². The van der Waals surface area contributed by atoms with Crippen LogP contribution in [-0.4, -0.2) is 63.3 Å². The number of nitrogens with zero attached hydrogens (tertiary/aromatic N) is 6. The van der Waals surface area contributed by atoms with Crippen molar-refractivity contribution in [2.45, 2.75) is 6.92 Å². The van der Waals surface area contributed by atoms with Crippen LogP contribution in [0.2, 0.25) is 0 Å². The Balaban J connectivity index is 1.62. The van der Waals surface area contributed by atoms with Crippen LogP contribution in [0.15, 0.2) is 36.5 Å². The second kappa shape index (κ2) is 8.18. The summed E-state index contributed by atoms with van der Waals surface area (Å²) in [4.78, 5) is 18.3. The summed E-state index contributed by atoms with van der Waals surface area (Å²) < 4.78 is 0. The Morgan fingerprint density at radius 3 is 2.61 bits per heavy atom. The second-order valence-electron chi connectivity index (χ2n) is 6.91. The first-order valence-corrected chi connectivity index (χ1v) is 9.36. The fraction of sp³-hybridized carbons (Fsp3) is 0.300. The third kappa shape index (κ3) is 4.52. The highest BCUT2D eigenvalue weighted by Crippen LogP contribution is 2.21. The van der Waals surface area contributed by atoms with Crippen LogP contribution in [0.3, 0.4) is 0 Å². The minimum absolute atomic E-state index is 0.636. The molecule has 0 unspecified atom stereocenters. The average molecular weight is 376 g/mol. The number of hydrogen-bond donors (Lipinski definition) is 2. The van der Waals surface area contributed by atoms with Crippen molar-refractivity contribution in [1.82, 2.24) is 30.0 Å². The van der Waals surface area contributed by atoms with E-state index in [1.807, 2.05) is 49.4 Å². The summed E-state index contributed by atoms with van der Waals surface area (Å²) >= 11 is 0. The summed E-state index contributed by atoms with van der Waals surface area (Å²) in [6, 6.07) is 9.73. The normalized spacial score (nSPS) is 15.3. The fourth-order valence-corrected chi connectivity index (χ4v) is 3.04. The van der Waals surface area contributed by atoms with E-state index in [0.29, 0.717) is 5.82 Å². The van der Waals surface area contributed by atoms with E-state index in [1.165, 1.54) is 0 Å². The van der Waals surface area contributed by atoms with Gasteiger partial charge in [-0.1, -0.05) is 6.07 Å². The summed E-state index contributed by atoms with van der Waals surface area (Å²) in [5.74, 6) is 3.01. The maximum Gasteiger partial charge on any atom is 0.156 e. The lowest BCUT2D eigenvalue weighted by Crippen LogP contribution is -2.44. The van der Waals surface area contributed by atoms with Crippen molar-refractivity contribution < 1.29 is 0 Å². The molecule has 8 nitrogen and oxygen atoms in total. The first-order chi connectivity index (χ1) is 13.7. The lowest BCUT2D eigenvalue weighted by molar-refractivity contribution is 0.312. The molecule has 144 valence electrons. The van der Waals surface area contributed by atoms with Crippen LogP contribution in [0.4, 0.5) is 17.5 Å². The standard InChI is InChI=1S/C20H24N8/c1-15-13-19(26-25-15)23-18-14-20(28-11-9-27(2)10-12-28)24-17(22-18)7-6-16-5-3-4-8-21-16/h3-8,13-14H,9-12H2,1-2H3,(H2,22,23,24,25,26). The molecule has 0 radical (unpaired) electrons. The highest BCUT2D eigenvalue weighted by Gasteiger charge is 2.17. The van der Waals surface area contributed by atoms with E-state index < -0.39 is 0 Å². The molecule has 1 aliphatic heterocycles. The molecule has 0 atom stereocenters. The molecule has 2 N–H and O–H groups in total. The Kier molecular flexibility index (Phi) is 5.29. The smallest absolute Gasteiger partial charge is 0.156 e. The maximum atomic E-state index is 4.76. The zero-order chi connectivity index (χ0) is 19.3. The molecule has 0 aliphatic carbocycles. The van der Waals surface area contributed by atoms with Gasteiger partial charge in [0.05, 0.1) is 5.69 Å². The first kappa shape index (κ1) is 18.1. The molecule has 0 saturated carbocycles. The number of piperazine rings is 1. The Morgan fingerprint density at radius 1 is 1.04 bits per heavy atom. The number of hydrogen-bond acceptors (Lipinski definition) is 7. The van der Waals surface area contributed by atoms with Crippen LogP contribution in [0.1, 0.15) is 17.2 Å². The molecule has 1 saturated heterocycles. The van der Waals surface area contributed by atoms with Crippen molar-refractivity contribution in [2.24, 2.45) is 0 Å². The average Bonchev–Trinajstić information content (AvgIpc) is 3.12. The molecule has 1 aliphatic rings. The summed E-state index contributed by atoms with van der Waals surface area (Å²) in [5.41, 5.74) is 1.86. The maximum absolute atomic E-state index is 4.76. The number of nitrogens with one attached hydrogen (secondary N) is 2. The number of rotatable bonds is 5. The lowest BCUT2D eigenvalue weighted by Gasteiger charge is -2.33. The van der Waals surface area contributed by atoms with Gasteiger partial charge in [-0.05, 0) is 38.3 Å². The minimum Gasteiger partial charge on any atom is -0.354 e. The van der Waals surface area contributed by atoms with Crippen molar-refractivity contribution >= 4 is 29.6 Å². The summed E-state index contributed by atoms with van der Waals surface area (Å²) in [7, 11) is 2.14. The van der Waals surface area contributed by atoms with Gasteiger partial charge in [0.15, 0.2) is 11.6 Å². The van der Waals surface area contributed by atoms with Gasteiger partial charge in [-0.2, -0.15) is 5.10 Å². The fourth-order valence-electron chi connectivity index (χ4n) is 3.04. The van der Waals surface area contributed by atoms with Gasteiger partial charge in [0.2, 0.25) is 0 Å². The van der Waals surface area contributed by atoms with E-state index in [9.17, 15) is 0 Å². The molecule has 4 heterocycles. The predicted octanol–water partition coefficient (Wildman–Crippen LogP) is 2.57. The van der Waals surface area contributed by atoms with E-state index in [2.05, 4.69) is 42.3 Å². The molecule has 0 spiro atoms. The van der Waals surface area contributed by atoms with Crippen molar-refractivity contribution in [3.8, 4) is 0 Å². The lowest BCUT2D eigenvalue weighted by atomic mass is 10.3. The zero-order valence-corrected chi connectivity index (χ0v) is 16.1. The van der Waals surface area contributed by atoms with E-state index in [-0.39, 0.29) is 0 Å². The molecule has 28 heavy (non-hydrogen) atoms.